The van der Waals surface area contributed by atoms with Crippen LogP contribution < -0.4 is 21.7 Å². The van der Waals surface area contributed by atoms with Crippen LogP contribution in [0.3, 0.4) is 0 Å². The van der Waals surface area contributed by atoms with Gasteiger partial charge < -0.3 is 50.8 Å². The van der Waals surface area contributed by atoms with Gasteiger partial charge in [0, 0.05) is 59.8 Å². The highest BCUT2D eigenvalue weighted by Crippen LogP contribution is 2.31. The molecule has 1 saturated heterocycles. The molecule has 1 fully saturated rings. The van der Waals surface area contributed by atoms with Gasteiger partial charge >= 0.3 is 6.09 Å². The Labute approximate surface area is 503 Å². The van der Waals surface area contributed by atoms with Crippen LogP contribution in [0.15, 0.2) is 60.8 Å². The van der Waals surface area contributed by atoms with Gasteiger partial charge in [-0.25, -0.2) is 9.48 Å². The number of carbonyl (C=O) groups is 8. The molecule has 0 unspecified atom stereocenters. The normalized spacial score (nSPS) is 17.4. The average Bonchev–Trinajstić information content (AvgIpc) is 4.37. The maximum absolute atomic E-state index is 14.8. The van der Waals surface area contributed by atoms with Crippen LogP contribution in [0.4, 0.5) is 4.79 Å². The van der Waals surface area contributed by atoms with Crippen molar-refractivity contribution in [3.63, 3.8) is 0 Å². The van der Waals surface area contributed by atoms with E-state index in [1.165, 1.54) is 30.8 Å². The van der Waals surface area contributed by atoms with Crippen LogP contribution in [0.1, 0.15) is 136 Å². The number of carbonyl (C=O) groups excluding carboxylic acids is 8. The number of hydrogen-bond acceptors (Lipinski definition) is 15. The third-order valence-electron chi connectivity index (χ3n) is 16.6. The van der Waals surface area contributed by atoms with Gasteiger partial charge in [0.05, 0.1) is 60.5 Å². The van der Waals surface area contributed by atoms with Crippen molar-refractivity contribution in [2.24, 2.45) is 41.2 Å². The predicted octanol–water partition coefficient (Wildman–Crippen LogP) is 5.36. The molecule has 0 bridgehead atoms. The van der Waals surface area contributed by atoms with E-state index in [0.29, 0.717) is 48.2 Å². The Hall–Kier alpha value is -6.62. The third kappa shape index (κ3) is 20.0. The molecule has 85 heavy (non-hydrogen) atoms. The van der Waals surface area contributed by atoms with Gasteiger partial charge in [-0.15, -0.1) is 5.10 Å². The van der Waals surface area contributed by atoms with Crippen LogP contribution >= 0.6 is 0 Å². The first-order valence-corrected chi connectivity index (χ1v) is 30.0. The minimum atomic E-state index is -1.04. The lowest BCUT2D eigenvalue weighted by Gasteiger charge is -2.41. The van der Waals surface area contributed by atoms with E-state index in [1.54, 1.807) is 94.1 Å². The second kappa shape index (κ2) is 33.9. The number of benzene rings is 2. The number of ketones is 2. The van der Waals surface area contributed by atoms with Crippen molar-refractivity contribution in [1.29, 1.82) is 0 Å². The monoisotopic (exact) mass is 1190 g/mol. The molecule has 0 aliphatic carbocycles. The van der Waals surface area contributed by atoms with Gasteiger partial charge in [0.15, 0.2) is 11.6 Å². The number of nitrogens with zero attached hydrogens (tertiary/aromatic N) is 6. The maximum Gasteiger partial charge on any atom is 0.410 e. The van der Waals surface area contributed by atoms with Gasteiger partial charge in [-0.2, -0.15) is 0 Å². The maximum atomic E-state index is 14.8. The average molecular weight is 1190 g/mol. The summed E-state index contributed by atoms with van der Waals surface area (Å²) < 4.78 is 19.2. The van der Waals surface area contributed by atoms with Crippen LogP contribution in [0.25, 0.3) is 0 Å². The Morgan fingerprint density at radius 1 is 0.788 bits per heavy atom. The fourth-order valence-electron chi connectivity index (χ4n) is 11.4. The van der Waals surface area contributed by atoms with Gasteiger partial charge in [0.25, 0.3) is 0 Å². The summed E-state index contributed by atoms with van der Waals surface area (Å²) in [5.41, 5.74) is 8.48. The molecule has 6 amide bonds. The SMILES string of the molecule is CC[C@H](C)[C@@H]([C@@H](CC(=O)N1CCC[C@H]1[C@H](OC)[C@@H](C)C(=O)N[C@H](C)[C@@H](O)c1ccccc1)OC)N(C)C(=O)[C@@H](NC(=O)[C@H](C(C)C)N(C)C(=O)OCc1ccc(CC(=O)[C@H](CCN)NC(=O)[C@@H](CC(=O)Cn2cc(C)nn2)C(C)C)cc1)C(C)C. The number of rotatable bonds is 34. The molecule has 1 aliphatic rings. The number of nitrogens with two attached hydrogens (primary N) is 1. The number of likely N-dealkylation sites (tertiary alicyclic amines) is 1. The zero-order valence-electron chi connectivity index (χ0n) is 52.9. The van der Waals surface area contributed by atoms with Gasteiger partial charge in [-0.1, -0.05) is 129 Å². The Bertz CT molecular complexity index is 2650. The lowest BCUT2D eigenvalue weighted by atomic mass is 9.89. The van der Waals surface area contributed by atoms with Gasteiger partial charge in [0.2, 0.25) is 29.5 Å². The fraction of sp³-hybridized carbons (Fsp3) is 0.651. The summed E-state index contributed by atoms with van der Waals surface area (Å²) in [5, 5.41) is 27.5. The van der Waals surface area contributed by atoms with Crippen molar-refractivity contribution in [3.05, 3.63) is 83.2 Å². The van der Waals surface area contributed by atoms with E-state index >= 15 is 0 Å². The van der Waals surface area contributed by atoms with Crippen LogP contribution in [0.5, 0.6) is 0 Å². The number of hydrogen-bond donors (Lipinski definition) is 5. The molecule has 0 saturated carbocycles. The molecule has 22 heteroatoms. The predicted molar refractivity (Wildman–Crippen MR) is 322 cm³/mol. The summed E-state index contributed by atoms with van der Waals surface area (Å²) in [7, 11) is 6.15. The largest absolute Gasteiger partial charge is 0.445 e. The first-order chi connectivity index (χ1) is 40.2. The number of aliphatic hydroxyl groups excluding tert-OH is 1. The van der Waals surface area contributed by atoms with Crippen molar-refractivity contribution >= 4 is 47.2 Å². The summed E-state index contributed by atoms with van der Waals surface area (Å²) in [6.07, 6.45) is 0.560. The number of aliphatic hydroxyl groups is 1. The quantitative estimate of drug-likeness (QED) is 0.0504. The van der Waals surface area contributed by atoms with Crippen molar-refractivity contribution in [2.45, 2.75) is 189 Å². The number of methoxy groups -OCH3 is 2. The van der Waals surface area contributed by atoms with E-state index < -0.39 is 102 Å². The van der Waals surface area contributed by atoms with Gasteiger partial charge in [0.1, 0.15) is 25.2 Å². The summed E-state index contributed by atoms with van der Waals surface area (Å²) in [6.45, 7) is 20.6. The molecule has 0 radical (unpaired) electrons. The number of aromatic nitrogens is 3. The number of nitrogens with one attached hydrogen (secondary N) is 3. The molecular weight excluding hydrogens is 1090 g/mol. The molecule has 3 aromatic rings. The molecule has 2 aromatic carbocycles. The second-order valence-corrected chi connectivity index (χ2v) is 24.1. The number of ether oxygens (including phenoxy) is 3. The van der Waals surface area contributed by atoms with Gasteiger partial charge in [-0.3, -0.25) is 38.5 Å². The topological polar surface area (TPSA) is 287 Å². The standard InChI is InChI=1S/C63H98N10O12/c1-16-40(8)56(52(83-14)33-53(76)73-30-20-23-50(73)58(84-15)42(10)59(78)65-43(11)57(77)46-21-18-17-19-22-46)70(12)62(81)54(38(4)5)67-61(80)55(39(6)7)71(13)63(82)85-36-45-26-24-44(25-27-45)31-51(75)49(28-29-64)66-60(79)48(37(2)3)32-47(74)35-72-34-41(9)68-69-72/h17-19,21-22,24-27,34,37-40,42-43,48-50,52,54-58,77H,16,20,23,28-33,35-36,64H2,1-15H3,(H,65,78)(H,66,79)(H,67,80)/t40-,42+,43+,48-,49-,50-,52+,54-,55-,56-,57+,58+/m0/s1. The van der Waals surface area contributed by atoms with E-state index in [9.17, 15) is 43.5 Å². The fourth-order valence-corrected chi connectivity index (χ4v) is 11.4. The zero-order valence-corrected chi connectivity index (χ0v) is 52.9. The van der Waals surface area contributed by atoms with Crippen LogP contribution in [0.2, 0.25) is 0 Å². The third-order valence-corrected chi connectivity index (χ3v) is 16.6. The number of Topliss-reactive ketones (excluding diaryl/α,β-unsaturated/α-hetero) is 2. The lowest BCUT2D eigenvalue weighted by molar-refractivity contribution is -0.148. The summed E-state index contributed by atoms with van der Waals surface area (Å²) >= 11 is 0. The molecule has 0 spiro atoms. The zero-order chi connectivity index (χ0) is 63.4. The summed E-state index contributed by atoms with van der Waals surface area (Å²) in [6, 6.07) is 11.4. The highest BCUT2D eigenvalue weighted by Gasteiger charge is 2.44. The first-order valence-electron chi connectivity index (χ1n) is 30.0. The molecular formula is C63H98N10O12. The molecule has 1 aromatic heterocycles. The summed E-state index contributed by atoms with van der Waals surface area (Å²) in [4.78, 5) is 115. The number of likely N-dealkylation sites (N-methyl/N-ethyl adjacent to an activating group) is 2. The Morgan fingerprint density at radius 3 is 1.99 bits per heavy atom. The highest BCUT2D eigenvalue weighted by molar-refractivity contribution is 5.93. The van der Waals surface area contributed by atoms with Crippen LogP contribution in [-0.2, 0) is 67.3 Å². The molecule has 12 atom stereocenters. The number of amides is 6. The Balaban J connectivity index is 1.38. The minimum absolute atomic E-state index is 0.0150. The van der Waals surface area contributed by atoms with Crippen molar-refractivity contribution in [1.82, 2.24) is 45.6 Å². The van der Waals surface area contributed by atoms with Crippen molar-refractivity contribution in [2.75, 3.05) is 41.4 Å². The molecule has 22 nitrogen and oxygen atoms in total. The number of aryl methyl sites for hydroxylation is 1. The lowest BCUT2D eigenvalue weighted by Crippen LogP contribution is -2.60. The van der Waals surface area contributed by atoms with Crippen molar-refractivity contribution in [3.8, 4) is 0 Å². The highest BCUT2D eigenvalue weighted by atomic mass is 16.6. The van der Waals surface area contributed by atoms with E-state index in [1.807, 2.05) is 59.7 Å². The smallest absolute Gasteiger partial charge is 0.410 e. The molecule has 4 rings (SSSR count). The molecule has 1 aliphatic heterocycles. The van der Waals surface area contributed by atoms with E-state index in [4.69, 9.17) is 19.9 Å². The molecule has 2 heterocycles. The van der Waals surface area contributed by atoms with Crippen molar-refractivity contribution < 1.29 is 57.7 Å². The first kappa shape index (κ1) is 70.9. The Kier molecular flexibility index (Phi) is 28.3. The second-order valence-electron chi connectivity index (χ2n) is 24.1. The van der Waals surface area contributed by atoms with E-state index in [-0.39, 0.29) is 80.6 Å². The van der Waals surface area contributed by atoms with Crippen LogP contribution in [0, 0.1) is 42.4 Å². The van der Waals surface area contributed by atoms with Crippen LogP contribution in [-0.4, -0.2) is 172 Å². The molecule has 472 valence electrons. The van der Waals surface area contributed by atoms with E-state index in [0.717, 1.165) is 0 Å². The summed E-state index contributed by atoms with van der Waals surface area (Å²) in [5.74, 6) is -4.84. The Morgan fingerprint density at radius 2 is 1.44 bits per heavy atom. The molecule has 6 N–H and O–H groups in total. The van der Waals surface area contributed by atoms with E-state index in [2.05, 4.69) is 26.3 Å². The van der Waals surface area contributed by atoms with Gasteiger partial charge in [-0.05, 0) is 80.0 Å². The minimum Gasteiger partial charge on any atom is -0.445 e.